The van der Waals surface area contributed by atoms with Crippen LogP contribution in [0.4, 0.5) is 0 Å². The molecule has 0 radical (unpaired) electrons. The van der Waals surface area contributed by atoms with Crippen LogP contribution < -0.4 is 16.2 Å². The fourth-order valence-electron chi connectivity index (χ4n) is 4.33. The van der Waals surface area contributed by atoms with E-state index in [2.05, 4.69) is 10.7 Å². The molecule has 224 valence electrons. The first-order chi connectivity index (χ1) is 19.3. The van der Waals surface area contributed by atoms with E-state index in [9.17, 15) is 32.8 Å². The third-order valence-electron chi connectivity index (χ3n) is 6.41. The molecule has 1 heterocycles. The first-order valence-electron chi connectivity index (χ1n) is 13.2. The summed E-state index contributed by atoms with van der Waals surface area (Å²) in [5.41, 5.74) is 6.12. The van der Waals surface area contributed by atoms with E-state index < -0.39 is 45.6 Å². The number of hydrazine groups is 1. The van der Waals surface area contributed by atoms with Crippen LogP contribution in [0.2, 0.25) is 0 Å². The Hall–Kier alpha value is -3.65. The highest BCUT2D eigenvalue weighted by atomic mass is 32.2. The van der Waals surface area contributed by atoms with Gasteiger partial charge >= 0.3 is 0 Å². The predicted molar refractivity (Wildman–Crippen MR) is 150 cm³/mol. The summed E-state index contributed by atoms with van der Waals surface area (Å²) in [7, 11) is -4.02. The summed E-state index contributed by atoms with van der Waals surface area (Å²) >= 11 is 0. The van der Waals surface area contributed by atoms with Crippen LogP contribution in [0.1, 0.15) is 44.2 Å². The van der Waals surface area contributed by atoms with Crippen molar-refractivity contribution in [3.05, 3.63) is 65.7 Å². The lowest BCUT2D eigenvalue weighted by atomic mass is 9.81. The highest BCUT2D eigenvalue weighted by Crippen LogP contribution is 2.26. The van der Waals surface area contributed by atoms with Crippen LogP contribution in [-0.4, -0.2) is 59.9 Å². The zero-order valence-corrected chi connectivity index (χ0v) is 24.2. The number of nitrogens with one attached hydrogen (secondary N) is 3. The lowest BCUT2D eigenvalue weighted by Gasteiger charge is -2.30. The molecular weight excluding hydrogens is 552 g/mol. The number of aryl methyl sites for hydroxylation is 2. The van der Waals surface area contributed by atoms with Crippen molar-refractivity contribution in [2.45, 2.75) is 51.3 Å². The van der Waals surface area contributed by atoms with Crippen LogP contribution in [-0.2, 0) is 35.7 Å². The van der Waals surface area contributed by atoms with Crippen molar-refractivity contribution in [3.8, 4) is 0 Å². The maximum absolute atomic E-state index is 13.0. The fourth-order valence-corrected chi connectivity index (χ4v) is 4.81. The van der Waals surface area contributed by atoms with Gasteiger partial charge in [0.25, 0.3) is 21.9 Å². The number of benzene rings is 2. The first kappa shape index (κ1) is 33.6. The average molecular weight is 591 g/mol. The molecule has 5 N–H and O–H groups in total. The molecule has 0 unspecified atom stereocenters. The molecule has 41 heavy (non-hydrogen) atoms. The van der Waals surface area contributed by atoms with Crippen LogP contribution in [0.15, 0.2) is 59.5 Å². The van der Waals surface area contributed by atoms with E-state index in [4.69, 9.17) is 4.55 Å². The first-order valence-corrected chi connectivity index (χ1v) is 14.7. The molecule has 3 rings (SSSR count). The molecule has 1 saturated heterocycles. The number of piperazine rings is 1. The third-order valence-corrected chi connectivity index (χ3v) is 7.28. The molecule has 0 bridgehead atoms. The summed E-state index contributed by atoms with van der Waals surface area (Å²) in [6.07, 6.45) is 2.09. The second-order valence-corrected chi connectivity index (χ2v) is 11.6. The topological polar surface area (TPSA) is 182 Å². The van der Waals surface area contributed by atoms with Gasteiger partial charge in [-0.25, -0.2) is 5.48 Å². The fraction of sp³-hybridized carbons (Fsp3) is 0.429. The summed E-state index contributed by atoms with van der Waals surface area (Å²) in [6, 6.07) is 15.8. The van der Waals surface area contributed by atoms with E-state index >= 15 is 0 Å². The Morgan fingerprint density at radius 1 is 0.951 bits per heavy atom. The standard InChI is InChI=1S/C21H30N4O5.C7H8O3S/c1-14(2)11-17(20(28)23-25-18(26)12-22-13-19(25)27)16(21(29)24-30)10-6-9-15-7-4-3-5-8-15;1-6-2-4-7(5-3-6)11(8,9)10/h3-5,7-8,14,16-17,22,30H,6,9-13H2,1-2H3,(H,23,28)(H,24,29);2-5H,1H3,(H,8,9,10)/t16-,17+;/m0./s1. The number of nitrogens with zero attached hydrogens (tertiary/aromatic N) is 1. The van der Waals surface area contributed by atoms with E-state index in [1.165, 1.54) is 12.1 Å². The highest BCUT2D eigenvalue weighted by molar-refractivity contribution is 7.85. The molecule has 1 aliphatic heterocycles. The lowest BCUT2D eigenvalue weighted by molar-refractivity contribution is -0.157. The van der Waals surface area contributed by atoms with Gasteiger partial charge in [-0.2, -0.15) is 13.4 Å². The number of hydrogen-bond acceptors (Lipinski definition) is 8. The minimum atomic E-state index is -4.02. The summed E-state index contributed by atoms with van der Waals surface area (Å²) in [6.45, 7) is 5.56. The molecule has 0 aromatic heterocycles. The summed E-state index contributed by atoms with van der Waals surface area (Å²) in [5, 5.41) is 12.6. The number of carbonyl (C=O) groups is 4. The zero-order valence-electron chi connectivity index (χ0n) is 23.4. The largest absolute Gasteiger partial charge is 0.300 e. The van der Waals surface area contributed by atoms with E-state index in [0.717, 1.165) is 17.5 Å². The molecule has 1 fully saturated rings. The van der Waals surface area contributed by atoms with Gasteiger partial charge in [-0.05, 0) is 56.2 Å². The number of amides is 4. The van der Waals surface area contributed by atoms with Gasteiger partial charge in [0.1, 0.15) is 0 Å². The monoisotopic (exact) mass is 590 g/mol. The van der Waals surface area contributed by atoms with Gasteiger partial charge < -0.3 is 0 Å². The van der Waals surface area contributed by atoms with Crippen molar-refractivity contribution in [3.63, 3.8) is 0 Å². The van der Waals surface area contributed by atoms with Gasteiger partial charge in [0, 0.05) is 0 Å². The Balaban J connectivity index is 0.000000446. The van der Waals surface area contributed by atoms with Crippen molar-refractivity contribution in [1.82, 2.24) is 21.2 Å². The molecule has 2 atom stereocenters. The summed E-state index contributed by atoms with van der Waals surface area (Å²) in [5.74, 6) is -3.87. The SMILES string of the molecule is CC(C)C[C@@H](C(=O)NN1C(=O)CNCC1=O)[C@H](CCCc1ccccc1)C(=O)NO.Cc1ccc(S(=O)(=O)O)cc1. The molecule has 1 aliphatic rings. The Labute approximate surface area is 240 Å². The van der Waals surface area contributed by atoms with Crippen LogP contribution in [0, 0.1) is 24.7 Å². The number of hydrogen-bond donors (Lipinski definition) is 5. The Kier molecular flexibility index (Phi) is 13.1. The van der Waals surface area contributed by atoms with Gasteiger partial charge in [0.15, 0.2) is 0 Å². The second-order valence-electron chi connectivity index (χ2n) is 10.2. The Morgan fingerprint density at radius 2 is 1.54 bits per heavy atom. The normalized spacial score (nSPS) is 15.0. The lowest BCUT2D eigenvalue weighted by Crippen LogP contribution is -2.60. The van der Waals surface area contributed by atoms with Crippen molar-refractivity contribution in [2.75, 3.05) is 13.1 Å². The van der Waals surface area contributed by atoms with E-state index in [0.29, 0.717) is 24.3 Å². The van der Waals surface area contributed by atoms with Gasteiger partial charge in [-0.1, -0.05) is 61.9 Å². The second kappa shape index (κ2) is 16.0. The molecule has 2 aromatic rings. The van der Waals surface area contributed by atoms with Crippen LogP contribution in [0.3, 0.4) is 0 Å². The van der Waals surface area contributed by atoms with Crippen LogP contribution in [0.25, 0.3) is 0 Å². The summed E-state index contributed by atoms with van der Waals surface area (Å²) in [4.78, 5) is 49.3. The maximum atomic E-state index is 13.0. The average Bonchev–Trinajstić information content (AvgIpc) is 2.92. The van der Waals surface area contributed by atoms with E-state index in [-0.39, 0.29) is 23.9 Å². The third kappa shape index (κ3) is 11.0. The molecule has 0 aliphatic carbocycles. The van der Waals surface area contributed by atoms with Crippen molar-refractivity contribution in [1.29, 1.82) is 0 Å². The van der Waals surface area contributed by atoms with Crippen LogP contribution in [0.5, 0.6) is 0 Å². The van der Waals surface area contributed by atoms with Crippen molar-refractivity contribution >= 4 is 33.7 Å². The minimum absolute atomic E-state index is 0.0570. The highest BCUT2D eigenvalue weighted by Gasteiger charge is 2.37. The maximum Gasteiger partial charge on any atom is 0.294 e. The molecule has 0 saturated carbocycles. The van der Waals surface area contributed by atoms with Crippen molar-refractivity contribution in [2.24, 2.45) is 17.8 Å². The molecule has 13 heteroatoms. The van der Waals surface area contributed by atoms with E-state index in [1.54, 1.807) is 17.6 Å². The quantitative estimate of drug-likeness (QED) is 0.113. The molecule has 12 nitrogen and oxygen atoms in total. The van der Waals surface area contributed by atoms with Crippen LogP contribution >= 0.6 is 0 Å². The van der Waals surface area contributed by atoms with Gasteiger partial charge in [-0.15, -0.1) is 0 Å². The van der Waals surface area contributed by atoms with Gasteiger partial charge in [-0.3, -0.25) is 39.7 Å². The number of carbonyl (C=O) groups excluding carboxylic acids is 4. The predicted octanol–water partition coefficient (Wildman–Crippen LogP) is 2.02. The molecule has 2 aromatic carbocycles. The number of imide groups is 1. The number of hydroxylamine groups is 1. The zero-order chi connectivity index (χ0) is 30.6. The summed E-state index contributed by atoms with van der Waals surface area (Å²) < 4.78 is 29.6. The Bertz CT molecular complexity index is 1270. The number of rotatable bonds is 11. The minimum Gasteiger partial charge on any atom is -0.300 e. The molecular formula is C28H38N4O8S. The Morgan fingerprint density at radius 3 is 2.05 bits per heavy atom. The molecule has 4 amide bonds. The van der Waals surface area contributed by atoms with Gasteiger partial charge in [0.2, 0.25) is 11.8 Å². The smallest absolute Gasteiger partial charge is 0.294 e. The van der Waals surface area contributed by atoms with E-state index in [1.807, 2.05) is 51.1 Å². The molecule has 0 spiro atoms. The van der Waals surface area contributed by atoms with Gasteiger partial charge in [0.05, 0.1) is 29.8 Å². The van der Waals surface area contributed by atoms with Crippen molar-refractivity contribution < 1.29 is 37.4 Å².